The second-order valence-electron chi connectivity index (χ2n) is 4.46. The molecule has 17 heavy (non-hydrogen) atoms. The molecule has 0 radical (unpaired) electrons. The van der Waals surface area contributed by atoms with Crippen LogP contribution < -0.4 is 5.32 Å². The van der Waals surface area contributed by atoms with E-state index in [4.69, 9.17) is 0 Å². The lowest BCUT2D eigenvalue weighted by molar-refractivity contribution is -0.133. The molecule has 1 N–H and O–H groups in total. The average Bonchev–Trinajstić information content (AvgIpc) is 2.74. The monoisotopic (exact) mass is 258 g/mol. The highest BCUT2D eigenvalue weighted by molar-refractivity contribution is 7.99. The van der Waals surface area contributed by atoms with Gasteiger partial charge in [-0.1, -0.05) is 6.92 Å². The summed E-state index contributed by atoms with van der Waals surface area (Å²) in [6, 6.07) is 0.348. The fourth-order valence-electron chi connectivity index (χ4n) is 2.18. The largest absolute Gasteiger partial charge is 0.347 e. The summed E-state index contributed by atoms with van der Waals surface area (Å²) in [5, 5.41) is 3.25. The molecule has 4 nitrogen and oxygen atoms in total. The van der Waals surface area contributed by atoms with Gasteiger partial charge in [0, 0.05) is 25.3 Å². The van der Waals surface area contributed by atoms with E-state index in [1.165, 1.54) is 13.3 Å². The van der Waals surface area contributed by atoms with Crippen LogP contribution in [-0.4, -0.2) is 47.4 Å². The van der Waals surface area contributed by atoms with Crippen LogP contribution in [0.3, 0.4) is 0 Å². The third kappa shape index (κ3) is 4.58. The Morgan fingerprint density at radius 3 is 2.71 bits per heavy atom. The molecule has 0 saturated heterocycles. The van der Waals surface area contributed by atoms with E-state index in [2.05, 4.69) is 12.2 Å². The third-order valence-corrected chi connectivity index (χ3v) is 4.42. The van der Waals surface area contributed by atoms with Crippen LogP contribution in [0.25, 0.3) is 0 Å². The van der Waals surface area contributed by atoms with E-state index in [1.54, 1.807) is 4.90 Å². The fraction of sp³-hybridized carbons (Fsp3) is 0.833. The van der Waals surface area contributed by atoms with Gasteiger partial charge in [0.2, 0.25) is 11.8 Å². The summed E-state index contributed by atoms with van der Waals surface area (Å²) < 4.78 is 0. The highest BCUT2D eigenvalue weighted by Gasteiger charge is 2.29. The topological polar surface area (TPSA) is 49.4 Å². The maximum absolute atomic E-state index is 11.8. The predicted molar refractivity (Wildman–Crippen MR) is 71.0 cm³/mol. The molecule has 0 spiro atoms. The van der Waals surface area contributed by atoms with Gasteiger partial charge >= 0.3 is 0 Å². The second kappa shape index (κ2) is 6.89. The highest BCUT2D eigenvalue weighted by Crippen LogP contribution is 2.32. The van der Waals surface area contributed by atoms with Crippen molar-refractivity contribution in [3.63, 3.8) is 0 Å². The minimum absolute atomic E-state index is 0.00680. The molecule has 0 unspecified atom stereocenters. The zero-order chi connectivity index (χ0) is 12.8. The fourth-order valence-corrected chi connectivity index (χ4v) is 3.32. The Labute approximate surface area is 108 Å². The molecule has 2 amide bonds. The van der Waals surface area contributed by atoms with Gasteiger partial charge in [-0.05, 0) is 25.0 Å². The SMILES string of the molecule is CCS[C@@H]1CC[C@@H](N(C)C(=O)CNC(C)=O)C1. The summed E-state index contributed by atoms with van der Waals surface area (Å²) in [7, 11) is 1.84. The molecule has 1 rings (SSSR count). The zero-order valence-electron chi connectivity index (χ0n) is 10.9. The Bertz CT molecular complexity index is 284. The third-order valence-electron chi connectivity index (χ3n) is 3.19. The van der Waals surface area contributed by atoms with Crippen LogP contribution in [0.4, 0.5) is 0 Å². The van der Waals surface area contributed by atoms with Gasteiger partial charge in [0.05, 0.1) is 6.54 Å². The standard InChI is InChI=1S/C12H22N2O2S/c1-4-17-11-6-5-10(7-11)14(3)12(16)8-13-9(2)15/h10-11H,4-8H2,1-3H3,(H,13,15)/t10-,11-/m1/s1. The molecule has 1 fully saturated rings. The Balaban J connectivity index is 2.35. The molecule has 0 bridgehead atoms. The molecule has 0 aromatic carbocycles. The molecule has 2 atom stereocenters. The first kappa shape index (κ1) is 14.4. The van der Waals surface area contributed by atoms with Crippen LogP contribution in [0.15, 0.2) is 0 Å². The molecule has 0 aliphatic heterocycles. The molecular weight excluding hydrogens is 236 g/mol. The Kier molecular flexibility index (Phi) is 5.82. The van der Waals surface area contributed by atoms with E-state index >= 15 is 0 Å². The van der Waals surface area contributed by atoms with Gasteiger partial charge in [0.15, 0.2) is 0 Å². The molecule has 5 heteroatoms. The van der Waals surface area contributed by atoms with E-state index < -0.39 is 0 Å². The smallest absolute Gasteiger partial charge is 0.241 e. The van der Waals surface area contributed by atoms with Crippen molar-refractivity contribution >= 4 is 23.6 Å². The normalized spacial score (nSPS) is 23.5. The van der Waals surface area contributed by atoms with Crippen molar-refractivity contribution in [2.24, 2.45) is 0 Å². The molecule has 0 heterocycles. The van der Waals surface area contributed by atoms with E-state index in [-0.39, 0.29) is 18.4 Å². The van der Waals surface area contributed by atoms with E-state index in [9.17, 15) is 9.59 Å². The molecule has 0 aromatic rings. The van der Waals surface area contributed by atoms with Gasteiger partial charge in [0.1, 0.15) is 0 Å². The summed E-state index contributed by atoms with van der Waals surface area (Å²) >= 11 is 1.98. The van der Waals surface area contributed by atoms with Crippen molar-refractivity contribution < 1.29 is 9.59 Å². The maximum Gasteiger partial charge on any atom is 0.241 e. The predicted octanol–water partition coefficient (Wildman–Crippen LogP) is 1.26. The number of nitrogens with one attached hydrogen (secondary N) is 1. The van der Waals surface area contributed by atoms with Gasteiger partial charge in [-0.3, -0.25) is 9.59 Å². The number of carbonyl (C=O) groups is 2. The molecule has 98 valence electrons. The van der Waals surface area contributed by atoms with Crippen molar-refractivity contribution in [2.75, 3.05) is 19.3 Å². The molecule has 1 aliphatic rings. The molecule has 1 aliphatic carbocycles. The number of likely N-dealkylation sites (N-methyl/N-ethyl adjacent to an activating group) is 1. The summed E-state index contributed by atoms with van der Waals surface area (Å²) in [6.07, 6.45) is 3.36. The Hall–Kier alpha value is -0.710. The first-order valence-corrected chi connectivity index (χ1v) is 7.21. The van der Waals surface area contributed by atoms with Crippen LogP contribution in [0, 0.1) is 0 Å². The van der Waals surface area contributed by atoms with Crippen molar-refractivity contribution in [3.05, 3.63) is 0 Å². The summed E-state index contributed by atoms with van der Waals surface area (Å²) in [5.74, 6) is 0.992. The van der Waals surface area contributed by atoms with Crippen molar-refractivity contribution in [1.82, 2.24) is 10.2 Å². The van der Waals surface area contributed by atoms with Crippen LogP contribution >= 0.6 is 11.8 Å². The summed E-state index contributed by atoms with van der Waals surface area (Å²) in [5.41, 5.74) is 0. The molecule has 0 aromatic heterocycles. The van der Waals surface area contributed by atoms with Crippen LogP contribution in [0.5, 0.6) is 0 Å². The minimum Gasteiger partial charge on any atom is -0.347 e. The van der Waals surface area contributed by atoms with Gasteiger partial charge < -0.3 is 10.2 Å². The van der Waals surface area contributed by atoms with E-state index in [1.807, 2.05) is 18.8 Å². The van der Waals surface area contributed by atoms with Crippen molar-refractivity contribution in [1.29, 1.82) is 0 Å². The first-order valence-electron chi connectivity index (χ1n) is 6.16. The minimum atomic E-state index is -0.155. The van der Waals surface area contributed by atoms with Crippen molar-refractivity contribution in [3.8, 4) is 0 Å². The first-order chi connectivity index (χ1) is 8.04. The summed E-state index contributed by atoms with van der Waals surface area (Å²) in [6.45, 7) is 3.72. The van der Waals surface area contributed by atoms with E-state index in [0.29, 0.717) is 11.3 Å². The summed E-state index contributed by atoms with van der Waals surface area (Å²) in [4.78, 5) is 24.3. The number of nitrogens with zero attached hydrogens (tertiary/aromatic N) is 1. The zero-order valence-corrected chi connectivity index (χ0v) is 11.7. The van der Waals surface area contributed by atoms with Crippen LogP contribution in [0.1, 0.15) is 33.1 Å². The number of hydrogen-bond acceptors (Lipinski definition) is 3. The Morgan fingerprint density at radius 2 is 2.12 bits per heavy atom. The van der Waals surface area contributed by atoms with Crippen LogP contribution in [-0.2, 0) is 9.59 Å². The van der Waals surface area contributed by atoms with Crippen LogP contribution in [0.2, 0.25) is 0 Å². The number of carbonyl (C=O) groups excluding carboxylic acids is 2. The lowest BCUT2D eigenvalue weighted by Crippen LogP contribution is -2.42. The number of amides is 2. The van der Waals surface area contributed by atoms with Gasteiger partial charge in [0.25, 0.3) is 0 Å². The van der Waals surface area contributed by atoms with Gasteiger partial charge in [-0.2, -0.15) is 11.8 Å². The number of thioether (sulfide) groups is 1. The second-order valence-corrected chi connectivity index (χ2v) is 6.04. The quantitative estimate of drug-likeness (QED) is 0.807. The van der Waals surface area contributed by atoms with E-state index in [0.717, 1.165) is 18.6 Å². The lowest BCUT2D eigenvalue weighted by atomic mass is 10.2. The van der Waals surface area contributed by atoms with Crippen molar-refractivity contribution in [2.45, 2.75) is 44.4 Å². The molecular formula is C12H22N2O2S. The highest BCUT2D eigenvalue weighted by atomic mass is 32.2. The Morgan fingerprint density at radius 1 is 1.41 bits per heavy atom. The van der Waals surface area contributed by atoms with Gasteiger partial charge in [-0.15, -0.1) is 0 Å². The lowest BCUT2D eigenvalue weighted by Gasteiger charge is -2.24. The average molecular weight is 258 g/mol. The van der Waals surface area contributed by atoms with Gasteiger partial charge in [-0.25, -0.2) is 0 Å². The maximum atomic E-state index is 11.8. The molecule has 1 saturated carbocycles. The number of rotatable bonds is 5. The number of hydrogen-bond donors (Lipinski definition) is 1.